The summed E-state index contributed by atoms with van der Waals surface area (Å²) in [5, 5.41) is 11.9. The number of carboxylic acid groups (broad SMARTS) is 1. The number of carbonyl (C=O) groups is 3. The Morgan fingerprint density at radius 1 is 0.840 bits per heavy atom. The van der Waals surface area contributed by atoms with Crippen LogP contribution in [0.5, 0.6) is 0 Å². The lowest BCUT2D eigenvalue weighted by molar-refractivity contribution is -0.153. The van der Waals surface area contributed by atoms with Crippen molar-refractivity contribution < 1.29 is 28.6 Å². The molecule has 1 aliphatic heterocycles. The smallest absolute Gasteiger partial charge is 0.408 e. The van der Waals surface area contributed by atoms with E-state index < -0.39 is 24.0 Å². The largest absolute Gasteiger partial charge is 0.481 e. The molecule has 5 aromatic rings. The first-order valence-electron chi connectivity index (χ1n) is 16.6. The molecular formula is C40H37FN4O5. The Hall–Kier alpha value is -5.90. The van der Waals surface area contributed by atoms with Crippen LogP contribution in [0.15, 0.2) is 109 Å². The number of benzene rings is 4. The summed E-state index contributed by atoms with van der Waals surface area (Å²) in [6, 6.07) is 28.8. The molecule has 1 saturated heterocycles. The highest BCUT2D eigenvalue weighted by Gasteiger charge is 2.39. The molecule has 1 atom stereocenters. The van der Waals surface area contributed by atoms with Crippen LogP contribution < -0.4 is 5.32 Å². The van der Waals surface area contributed by atoms with Gasteiger partial charge in [-0.1, -0.05) is 104 Å². The minimum absolute atomic E-state index is 0.0391. The molecule has 0 bridgehead atoms. The number of aryl methyl sites for hydroxylation is 1. The number of hydrogen-bond acceptors (Lipinski definition) is 6. The third-order valence-electron chi connectivity index (χ3n) is 8.76. The van der Waals surface area contributed by atoms with Gasteiger partial charge in [0.1, 0.15) is 18.5 Å². The number of nitrogens with zero attached hydrogens (tertiary/aromatic N) is 3. The summed E-state index contributed by atoms with van der Waals surface area (Å²) in [5.74, 6) is -1.88. The van der Waals surface area contributed by atoms with Gasteiger partial charge in [0.25, 0.3) is 0 Å². The minimum atomic E-state index is -0.962. The Kier molecular flexibility index (Phi) is 10.6. The second-order valence-electron chi connectivity index (χ2n) is 12.4. The van der Waals surface area contributed by atoms with E-state index in [-0.39, 0.29) is 37.8 Å². The van der Waals surface area contributed by atoms with E-state index >= 15 is 4.39 Å². The Morgan fingerprint density at radius 2 is 1.48 bits per heavy atom. The number of aliphatic carboxylic acids is 1. The van der Waals surface area contributed by atoms with Crippen LogP contribution in [-0.4, -0.2) is 57.1 Å². The molecular weight excluding hydrogens is 635 g/mol. The molecule has 254 valence electrons. The number of ether oxygens (including phenoxy) is 1. The molecule has 2 heterocycles. The zero-order valence-electron chi connectivity index (χ0n) is 27.6. The highest BCUT2D eigenvalue weighted by Crippen LogP contribution is 2.29. The van der Waals surface area contributed by atoms with Crippen molar-refractivity contribution in [1.29, 1.82) is 0 Å². The Labute approximate surface area is 289 Å². The molecule has 2 amide bonds. The van der Waals surface area contributed by atoms with Crippen LogP contribution in [0.4, 0.5) is 9.18 Å². The van der Waals surface area contributed by atoms with Crippen LogP contribution in [0.2, 0.25) is 0 Å². The van der Waals surface area contributed by atoms with Crippen LogP contribution in [0, 0.1) is 11.7 Å². The average molecular weight is 673 g/mol. The van der Waals surface area contributed by atoms with Crippen molar-refractivity contribution in [2.24, 2.45) is 5.92 Å². The van der Waals surface area contributed by atoms with E-state index in [1.165, 1.54) is 16.5 Å². The zero-order valence-corrected chi connectivity index (χ0v) is 27.6. The standard InChI is InChI=1S/C40H37FN4O5/c1-2-6-26-9-13-29(14-10-26)31-17-18-34(35(41)20-31)32-21-42-37(43-22-32)30-15-11-27(12-16-30)19-36(38(46)45-23-33(24-45)39(47)48)44-40(49)50-25-28-7-4-3-5-8-28/h3-5,7-18,20-22,33,36H,2,6,19,23-25H2,1H3,(H,44,49)(H,47,48). The predicted octanol–water partition coefficient (Wildman–Crippen LogP) is 6.95. The minimum Gasteiger partial charge on any atom is -0.481 e. The predicted molar refractivity (Wildman–Crippen MR) is 187 cm³/mol. The molecule has 1 aromatic heterocycles. The molecule has 1 fully saturated rings. The second kappa shape index (κ2) is 15.5. The fourth-order valence-corrected chi connectivity index (χ4v) is 5.87. The summed E-state index contributed by atoms with van der Waals surface area (Å²) in [6.45, 7) is 2.34. The van der Waals surface area contributed by atoms with E-state index in [9.17, 15) is 19.5 Å². The monoisotopic (exact) mass is 672 g/mol. The van der Waals surface area contributed by atoms with E-state index in [2.05, 4.69) is 34.3 Å². The van der Waals surface area contributed by atoms with Crippen molar-refractivity contribution in [2.45, 2.75) is 38.8 Å². The number of rotatable bonds is 12. The van der Waals surface area contributed by atoms with Gasteiger partial charge in [-0.2, -0.15) is 0 Å². The molecule has 0 spiro atoms. The number of aromatic nitrogens is 2. The molecule has 1 unspecified atom stereocenters. The Bertz CT molecular complexity index is 1950. The molecule has 6 rings (SSSR count). The maximum Gasteiger partial charge on any atom is 0.408 e. The number of hydrogen-bond donors (Lipinski definition) is 2. The van der Waals surface area contributed by atoms with Crippen LogP contribution >= 0.6 is 0 Å². The van der Waals surface area contributed by atoms with Gasteiger partial charge in [-0.05, 0) is 40.3 Å². The van der Waals surface area contributed by atoms with Crippen molar-refractivity contribution in [2.75, 3.05) is 13.1 Å². The molecule has 0 saturated carbocycles. The lowest BCUT2D eigenvalue weighted by Crippen LogP contribution is -2.59. The molecule has 1 aliphatic rings. The number of amides is 2. The maximum atomic E-state index is 15.2. The second-order valence-corrected chi connectivity index (χ2v) is 12.4. The molecule has 0 radical (unpaired) electrons. The number of alkyl carbamates (subject to hydrolysis) is 1. The van der Waals surface area contributed by atoms with E-state index in [0.717, 1.165) is 35.1 Å². The maximum absolute atomic E-state index is 15.2. The number of carbonyl (C=O) groups excluding carboxylic acids is 2. The molecule has 0 aliphatic carbocycles. The van der Waals surface area contributed by atoms with Gasteiger partial charge in [-0.3, -0.25) is 9.59 Å². The SMILES string of the molecule is CCCc1ccc(-c2ccc(-c3cnc(-c4ccc(CC(NC(=O)OCc5ccccc5)C(=O)N5CC(C(=O)O)C5)cc4)nc3)c(F)c2)cc1. The lowest BCUT2D eigenvalue weighted by atomic mass is 9.97. The first-order chi connectivity index (χ1) is 24.3. The number of nitrogens with one attached hydrogen (secondary N) is 1. The summed E-state index contributed by atoms with van der Waals surface area (Å²) in [5.41, 5.74) is 6.23. The summed E-state index contributed by atoms with van der Waals surface area (Å²) in [4.78, 5) is 47.7. The Morgan fingerprint density at radius 3 is 2.12 bits per heavy atom. The van der Waals surface area contributed by atoms with Gasteiger partial charge >= 0.3 is 12.1 Å². The van der Waals surface area contributed by atoms with Crippen LogP contribution in [0.3, 0.4) is 0 Å². The average Bonchev–Trinajstić information content (AvgIpc) is 3.11. The van der Waals surface area contributed by atoms with Crippen LogP contribution in [-0.2, 0) is 33.8 Å². The first-order valence-corrected chi connectivity index (χ1v) is 16.6. The number of carboxylic acids is 1. The molecule has 9 nitrogen and oxygen atoms in total. The van der Waals surface area contributed by atoms with Crippen molar-refractivity contribution in [1.82, 2.24) is 20.2 Å². The van der Waals surface area contributed by atoms with E-state index in [0.29, 0.717) is 22.5 Å². The summed E-state index contributed by atoms with van der Waals surface area (Å²) < 4.78 is 20.6. The van der Waals surface area contributed by atoms with Gasteiger partial charge in [0, 0.05) is 48.6 Å². The van der Waals surface area contributed by atoms with Crippen LogP contribution in [0.1, 0.15) is 30.0 Å². The molecule has 10 heteroatoms. The normalized spacial score (nSPS) is 13.3. The number of halogens is 1. The van der Waals surface area contributed by atoms with Gasteiger partial charge < -0.3 is 20.1 Å². The third kappa shape index (κ3) is 8.20. The third-order valence-corrected chi connectivity index (χ3v) is 8.76. The fraction of sp³-hybridized carbons (Fsp3) is 0.225. The van der Waals surface area contributed by atoms with Gasteiger partial charge in [-0.25, -0.2) is 19.2 Å². The molecule has 50 heavy (non-hydrogen) atoms. The zero-order chi connectivity index (χ0) is 35.0. The topological polar surface area (TPSA) is 122 Å². The van der Waals surface area contributed by atoms with Crippen molar-refractivity contribution in [3.8, 4) is 33.6 Å². The van der Waals surface area contributed by atoms with Crippen molar-refractivity contribution >= 4 is 18.0 Å². The van der Waals surface area contributed by atoms with Crippen molar-refractivity contribution in [3.63, 3.8) is 0 Å². The van der Waals surface area contributed by atoms with Crippen LogP contribution in [0.25, 0.3) is 33.6 Å². The summed E-state index contributed by atoms with van der Waals surface area (Å²) >= 11 is 0. The number of likely N-dealkylation sites (tertiary alicyclic amines) is 1. The van der Waals surface area contributed by atoms with Gasteiger partial charge in [0.15, 0.2) is 5.82 Å². The highest BCUT2D eigenvalue weighted by molar-refractivity contribution is 5.88. The summed E-state index contributed by atoms with van der Waals surface area (Å²) in [7, 11) is 0. The van der Waals surface area contributed by atoms with Crippen molar-refractivity contribution in [3.05, 3.63) is 132 Å². The molecule has 4 aromatic carbocycles. The lowest BCUT2D eigenvalue weighted by Gasteiger charge is -2.38. The van der Waals surface area contributed by atoms with E-state index in [1.807, 2.05) is 72.8 Å². The quantitative estimate of drug-likeness (QED) is 0.147. The van der Waals surface area contributed by atoms with E-state index in [1.54, 1.807) is 18.5 Å². The van der Waals surface area contributed by atoms with Gasteiger partial charge in [-0.15, -0.1) is 0 Å². The first kappa shape index (κ1) is 34.0. The fourth-order valence-electron chi connectivity index (χ4n) is 5.87. The van der Waals surface area contributed by atoms with E-state index in [4.69, 9.17) is 4.74 Å². The molecule has 2 N–H and O–H groups in total. The highest BCUT2D eigenvalue weighted by atomic mass is 19.1. The Balaban J connectivity index is 1.11. The van der Waals surface area contributed by atoms with Gasteiger partial charge in [0.05, 0.1) is 5.92 Å². The van der Waals surface area contributed by atoms with Gasteiger partial charge in [0.2, 0.25) is 5.91 Å². The summed E-state index contributed by atoms with van der Waals surface area (Å²) in [6.07, 6.45) is 4.67.